The Morgan fingerprint density at radius 1 is 0.804 bits per heavy atom. The van der Waals surface area contributed by atoms with Crippen molar-refractivity contribution in [2.45, 2.75) is 92.3 Å². The van der Waals surface area contributed by atoms with Crippen LogP contribution in [0.4, 0.5) is 0 Å². The minimum absolute atomic E-state index is 0.223. The van der Waals surface area contributed by atoms with Crippen LogP contribution in [0.25, 0.3) is 21.8 Å². The van der Waals surface area contributed by atoms with Gasteiger partial charge in [-0.25, -0.2) is 0 Å². The molecule has 0 saturated heterocycles. The maximum absolute atomic E-state index is 6.26. The van der Waals surface area contributed by atoms with Gasteiger partial charge in [0.15, 0.2) is 6.61 Å². The van der Waals surface area contributed by atoms with Gasteiger partial charge in [-0.15, -0.1) is 11.8 Å². The van der Waals surface area contributed by atoms with E-state index in [1.807, 2.05) is 45.9 Å². The number of thioether (sulfide) groups is 1. The number of nitrogens with one attached hydrogen (secondary N) is 2. The van der Waals surface area contributed by atoms with Crippen LogP contribution in [0, 0.1) is 6.92 Å². The summed E-state index contributed by atoms with van der Waals surface area (Å²) >= 11 is 7.94. The smallest absolute Gasteiger partial charge is 0.223 e. The van der Waals surface area contributed by atoms with Crippen LogP contribution in [0.2, 0.25) is 5.02 Å². The highest BCUT2D eigenvalue weighted by Crippen LogP contribution is 2.34. The Labute approximate surface area is 280 Å². The molecule has 9 nitrogen and oxygen atoms in total. The average Bonchev–Trinajstić information content (AvgIpc) is 3.87. The molecule has 2 N–H and O–H groups in total. The fourth-order valence-corrected chi connectivity index (χ4v) is 5.12. The zero-order valence-electron chi connectivity index (χ0n) is 28.4. The fraction of sp³-hybridized carbons (Fsp3) is 0.400. The molecule has 0 spiro atoms. The number of nitrogens with zero attached hydrogens (tertiary/aromatic N) is 3. The molecule has 0 atom stereocenters. The van der Waals surface area contributed by atoms with Crippen LogP contribution in [0.5, 0.6) is 11.5 Å². The van der Waals surface area contributed by atoms with E-state index in [1.165, 1.54) is 16.8 Å². The second-order valence-electron chi connectivity index (χ2n) is 10.5. The van der Waals surface area contributed by atoms with Crippen molar-refractivity contribution >= 4 is 45.2 Å². The van der Waals surface area contributed by atoms with E-state index < -0.39 is 0 Å². The quantitative estimate of drug-likeness (QED) is 0.146. The molecule has 0 saturated carbocycles. The summed E-state index contributed by atoms with van der Waals surface area (Å²) in [7, 11) is 0. The van der Waals surface area contributed by atoms with Crippen LogP contribution in [0.15, 0.2) is 62.7 Å². The predicted molar refractivity (Wildman–Crippen MR) is 188 cm³/mol. The summed E-state index contributed by atoms with van der Waals surface area (Å²) in [5, 5.41) is 10.5. The van der Waals surface area contributed by atoms with E-state index in [-0.39, 0.29) is 6.61 Å². The lowest BCUT2D eigenvalue weighted by Crippen LogP contribution is -1.98. The van der Waals surface area contributed by atoms with Crippen LogP contribution in [0.3, 0.4) is 0 Å². The van der Waals surface area contributed by atoms with Crippen molar-refractivity contribution in [3.63, 3.8) is 0 Å². The third-order valence-electron chi connectivity index (χ3n) is 6.66. The first-order valence-corrected chi connectivity index (χ1v) is 17.3. The lowest BCUT2D eigenvalue weighted by Gasteiger charge is -2.09. The van der Waals surface area contributed by atoms with Crippen molar-refractivity contribution in [1.82, 2.24) is 25.3 Å². The zero-order valence-corrected chi connectivity index (χ0v) is 30.0. The number of hydrogen-bond acceptors (Lipinski definition) is 8. The Hall–Kier alpha value is -3.89. The predicted octanol–water partition coefficient (Wildman–Crippen LogP) is 10.8. The molecule has 0 unspecified atom stereocenters. The SMILES string of the molecule is CC.CC.CSc1cc2cc(C(C)C)[nH]c2cc1OCc1ccon1.Cc1nc(COc2cc3[nH]c(C(C)C)cc3cc2Cl)no1. The number of aryl methyl sites for hydroxylation is 1. The number of aromatic nitrogens is 5. The lowest BCUT2D eigenvalue weighted by atomic mass is 10.1. The van der Waals surface area contributed by atoms with Gasteiger partial charge in [-0.2, -0.15) is 4.98 Å². The van der Waals surface area contributed by atoms with Gasteiger partial charge in [0.25, 0.3) is 0 Å². The fourth-order valence-electron chi connectivity index (χ4n) is 4.33. The van der Waals surface area contributed by atoms with E-state index in [9.17, 15) is 0 Å². The molecule has 6 rings (SSSR count). The lowest BCUT2D eigenvalue weighted by molar-refractivity contribution is 0.283. The first-order valence-electron chi connectivity index (χ1n) is 15.7. The number of benzene rings is 2. The van der Waals surface area contributed by atoms with Crippen molar-refractivity contribution in [3.05, 3.63) is 82.5 Å². The maximum atomic E-state index is 6.26. The highest BCUT2D eigenvalue weighted by molar-refractivity contribution is 7.98. The van der Waals surface area contributed by atoms with Crippen LogP contribution >= 0.6 is 23.4 Å². The molecule has 0 aliphatic heterocycles. The van der Waals surface area contributed by atoms with Gasteiger partial charge in [-0.05, 0) is 42.4 Å². The van der Waals surface area contributed by atoms with Gasteiger partial charge in [0.2, 0.25) is 11.7 Å². The zero-order chi connectivity index (χ0) is 33.8. The van der Waals surface area contributed by atoms with Gasteiger partial charge in [0, 0.05) is 63.2 Å². The van der Waals surface area contributed by atoms with Crippen molar-refractivity contribution in [2.24, 2.45) is 0 Å². The van der Waals surface area contributed by atoms with Crippen molar-refractivity contribution in [1.29, 1.82) is 0 Å². The number of halogens is 1. The molecule has 2 aromatic carbocycles. The summed E-state index contributed by atoms with van der Waals surface area (Å²) in [6, 6.07) is 14.2. The Morgan fingerprint density at radius 2 is 1.39 bits per heavy atom. The van der Waals surface area contributed by atoms with Crippen LogP contribution in [-0.2, 0) is 13.2 Å². The minimum atomic E-state index is 0.223. The average molecular weight is 668 g/mol. The first-order chi connectivity index (χ1) is 22.2. The monoisotopic (exact) mass is 667 g/mol. The second-order valence-corrected chi connectivity index (χ2v) is 11.8. The number of aromatic amines is 2. The molecule has 4 aromatic heterocycles. The van der Waals surface area contributed by atoms with E-state index in [0.717, 1.165) is 32.8 Å². The minimum Gasteiger partial charge on any atom is -0.486 e. The molecule has 248 valence electrons. The molecule has 0 fully saturated rings. The standard InChI is InChI=1S/C16H18N2O2S.C15H16ClN3O2.2C2H6/c1-10(2)13-6-11-7-16(21-3)15(8-14(11)17-13)19-9-12-4-5-20-18-12;1-8(2)12-5-10-4-11(16)14(6-13(10)18-12)20-7-15-17-9(3)21-19-15;2*1-2/h4-8,10,17H,9H2,1-3H3;4-6,8,18H,7H2,1-3H3;2*1-2H3. The summed E-state index contributed by atoms with van der Waals surface area (Å²) in [5.41, 5.74) is 5.31. The molecule has 6 aromatic rings. The topological polar surface area (TPSA) is 115 Å². The Kier molecular flexibility index (Phi) is 14.1. The van der Waals surface area contributed by atoms with Gasteiger partial charge in [0.1, 0.15) is 30.1 Å². The highest BCUT2D eigenvalue weighted by Gasteiger charge is 2.12. The molecular weight excluding hydrogens is 622 g/mol. The number of ether oxygens (including phenoxy) is 2. The van der Waals surface area contributed by atoms with Crippen LogP contribution in [0.1, 0.15) is 96.0 Å². The largest absolute Gasteiger partial charge is 0.486 e. The molecule has 11 heteroatoms. The Balaban J connectivity index is 0.000000226. The van der Waals surface area contributed by atoms with E-state index in [2.05, 4.69) is 83.5 Å². The summed E-state index contributed by atoms with van der Waals surface area (Å²) in [5.74, 6) is 3.40. The molecule has 0 amide bonds. The molecule has 0 aliphatic rings. The third kappa shape index (κ3) is 9.56. The molecule has 4 heterocycles. The molecule has 0 radical (unpaired) electrons. The van der Waals surface area contributed by atoms with Gasteiger partial charge in [0.05, 0.1) is 5.02 Å². The number of hydrogen-bond donors (Lipinski definition) is 2. The Morgan fingerprint density at radius 3 is 1.91 bits per heavy atom. The molecular formula is C35H46ClN5O4S. The molecule has 46 heavy (non-hydrogen) atoms. The first kappa shape index (κ1) is 36.6. The van der Waals surface area contributed by atoms with Gasteiger partial charge in [-0.1, -0.05) is 77.3 Å². The van der Waals surface area contributed by atoms with Crippen molar-refractivity contribution in [3.8, 4) is 11.5 Å². The van der Waals surface area contributed by atoms with Gasteiger partial charge >= 0.3 is 0 Å². The van der Waals surface area contributed by atoms with Crippen molar-refractivity contribution in [2.75, 3.05) is 6.26 Å². The Bertz CT molecular complexity index is 1770. The van der Waals surface area contributed by atoms with Gasteiger partial charge < -0.3 is 28.5 Å². The van der Waals surface area contributed by atoms with Crippen LogP contribution in [-0.4, -0.2) is 31.5 Å². The number of rotatable bonds is 9. The maximum Gasteiger partial charge on any atom is 0.223 e. The van der Waals surface area contributed by atoms with E-state index in [0.29, 0.717) is 40.9 Å². The number of fused-ring (bicyclic) bond motifs is 2. The summed E-state index contributed by atoms with van der Waals surface area (Å²) < 4.78 is 21.3. The van der Waals surface area contributed by atoms with Crippen molar-refractivity contribution < 1.29 is 18.5 Å². The van der Waals surface area contributed by atoms with Gasteiger partial charge in [-0.3, -0.25) is 0 Å². The highest BCUT2D eigenvalue weighted by atomic mass is 35.5. The third-order valence-corrected chi connectivity index (χ3v) is 7.71. The molecule has 0 aliphatic carbocycles. The van der Waals surface area contributed by atoms with E-state index >= 15 is 0 Å². The summed E-state index contributed by atoms with van der Waals surface area (Å²) in [6.45, 7) is 19.0. The van der Waals surface area contributed by atoms with E-state index in [1.54, 1.807) is 24.9 Å². The summed E-state index contributed by atoms with van der Waals surface area (Å²) in [4.78, 5) is 12.0. The van der Waals surface area contributed by atoms with Crippen LogP contribution < -0.4 is 9.47 Å². The normalized spacial score (nSPS) is 10.7. The summed E-state index contributed by atoms with van der Waals surface area (Å²) in [6.07, 6.45) is 3.61. The molecule has 0 bridgehead atoms. The number of H-pyrrole nitrogens is 2. The van der Waals surface area contributed by atoms with E-state index in [4.69, 9.17) is 30.1 Å². The second kappa shape index (κ2) is 17.7.